The van der Waals surface area contributed by atoms with E-state index in [-0.39, 0.29) is 18.1 Å². The third kappa shape index (κ3) is 4.40. The van der Waals surface area contributed by atoms with Crippen LogP contribution in [0.5, 0.6) is 0 Å². The normalized spacial score (nSPS) is 13.1. The fraction of sp³-hybridized carbons (Fsp3) is 0.500. The maximum atomic E-state index is 13.0. The summed E-state index contributed by atoms with van der Waals surface area (Å²) in [6.45, 7) is 1.95. The Kier molecular flexibility index (Phi) is 6.33. The van der Waals surface area contributed by atoms with Crippen LogP contribution in [-0.2, 0) is 10.9 Å². The molecule has 1 aromatic rings. The number of alkyl halides is 4. The molecule has 1 atom stereocenters. The number of rotatable bonds is 6. The standard InChI is InChI=1S/C14H17ClF3NO/c1-2-20-13(19)11(7-5-9-15)10-6-3-4-8-12(10)14(16,17)18/h3-4,6,8,11,19H,2,5,7,9H2,1H3. The van der Waals surface area contributed by atoms with Gasteiger partial charge in [-0.05, 0) is 31.4 Å². The molecule has 0 fully saturated rings. The largest absolute Gasteiger partial charge is 0.481 e. The zero-order chi connectivity index (χ0) is 15.2. The first-order chi connectivity index (χ1) is 9.41. The van der Waals surface area contributed by atoms with Crippen LogP contribution in [0.15, 0.2) is 24.3 Å². The lowest BCUT2D eigenvalue weighted by molar-refractivity contribution is -0.138. The van der Waals surface area contributed by atoms with Crippen LogP contribution in [-0.4, -0.2) is 18.4 Å². The van der Waals surface area contributed by atoms with Crippen LogP contribution in [0.2, 0.25) is 0 Å². The van der Waals surface area contributed by atoms with Gasteiger partial charge in [-0.15, -0.1) is 11.6 Å². The molecule has 6 heteroatoms. The molecule has 1 N–H and O–H groups in total. The van der Waals surface area contributed by atoms with Crippen molar-refractivity contribution < 1.29 is 17.9 Å². The summed E-state index contributed by atoms with van der Waals surface area (Å²) in [5.41, 5.74) is -0.646. The zero-order valence-electron chi connectivity index (χ0n) is 11.1. The third-order valence-electron chi connectivity index (χ3n) is 2.88. The molecule has 0 amide bonds. The minimum Gasteiger partial charge on any atom is -0.481 e. The number of hydrogen-bond acceptors (Lipinski definition) is 2. The Morgan fingerprint density at radius 3 is 2.55 bits per heavy atom. The Hall–Kier alpha value is -1.23. The molecular weight excluding hydrogens is 291 g/mol. The van der Waals surface area contributed by atoms with E-state index in [1.165, 1.54) is 18.2 Å². The molecular formula is C14H17ClF3NO. The summed E-state index contributed by atoms with van der Waals surface area (Å²) in [4.78, 5) is 0. The molecule has 0 spiro atoms. The van der Waals surface area contributed by atoms with Gasteiger partial charge in [0.25, 0.3) is 0 Å². The van der Waals surface area contributed by atoms with Crippen LogP contribution >= 0.6 is 11.6 Å². The second-order valence-electron chi connectivity index (χ2n) is 4.27. The van der Waals surface area contributed by atoms with Crippen LogP contribution in [0, 0.1) is 5.41 Å². The van der Waals surface area contributed by atoms with Crippen molar-refractivity contribution in [1.82, 2.24) is 0 Å². The minimum absolute atomic E-state index is 0.0727. The highest BCUT2D eigenvalue weighted by Gasteiger charge is 2.36. The topological polar surface area (TPSA) is 33.1 Å². The highest BCUT2D eigenvalue weighted by atomic mass is 35.5. The molecule has 20 heavy (non-hydrogen) atoms. The molecule has 1 aromatic carbocycles. The van der Waals surface area contributed by atoms with Crippen LogP contribution < -0.4 is 0 Å². The number of hydrogen-bond donors (Lipinski definition) is 1. The van der Waals surface area contributed by atoms with Crippen LogP contribution in [0.25, 0.3) is 0 Å². The molecule has 1 rings (SSSR count). The van der Waals surface area contributed by atoms with Gasteiger partial charge in [0, 0.05) is 5.88 Å². The lowest BCUT2D eigenvalue weighted by Gasteiger charge is -2.22. The molecule has 0 saturated heterocycles. The first-order valence-electron chi connectivity index (χ1n) is 6.35. The maximum Gasteiger partial charge on any atom is 0.416 e. The predicted molar refractivity (Wildman–Crippen MR) is 73.5 cm³/mol. The summed E-state index contributed by atoms with van der Waals surface area (Å²) >= 11 is 5.61. The van der Waals surface area contributed by atoms with Gasteiger partial charge in [-0.3, -0.25) is 5.41 Å². The van der Waals surface area contributed by atoms with Crippen LogP contribution in [0.1, 0.15) is 36.8 Å². The molecule has 0 heterocycles. The van der Waals surface area contributed by atoms with Crippen molar-refractivity contribution in [3.63, 3.8) is 0 Å². The zero-order valence-corrected chi connectivity index (χ0v) is 11.9. The summed E-state index contributed by atoms with van der Waals surface area (Å²) < 4.78 is 44.2. The van der Waals surface area contributed by atoms with Gasteiger partial charge in [0.2, 0.25) is 0 Å². The highest BCUT2D eigenvalue weighted by Crippen LogP contribution is 2.37. The van der Waals surface area contributed by atoms with Crippen molar-refractivity contribution >= 4 is 17.5 Å². The van der Waals surface area contributed by atoms with E-state index in [0.29, 0.717) is 18.7 Å². The molecule has 0 aliphatic heterocycles. The summed E-state index contributed by atoms with van der Waals surface area (Å²) in [7, 11) is 0. The maximum absolute atomic E-state index is 13.0. The lowest BCUT2D eigenvalue weighted by Crippen LogP contribution is -2.20. The Morgan fingerprint density at radius 2 is 2.00 bits per heavy atom. The van der Waals surface area contributed by atoms with Crippen molar-refractivity contribution in [1.29, 1.82) is 5.41 Å². The molecule has 0 radical (unpaired) electrons. The average molecular weight is 308 g/mol. The van der Waals surface area contributed by atoms with E-state index in [2.05, 4.69) is 0 Å². The van der Waals surface area contributed by atoms with Gasteiger partial charge in [0.1, 0.15) is 0 Å². The Bertz CT molecular complexity index is 448. The highest BCUT2D eigenvalue weighted by molar-refractivity contribution is 6.17. The van der Waals surface area contributed by atoms with E-state index in [1.54, 1.807) is 6.92 Å². The SMILES string of the molecule is CCOC(=N)C(CCCCl)c1ccccc1C(F)(F)F. The van der Waals surface area contributed by atoms with Gasteiger partial charge in [-0.1, -0.05) is 18.2 Å². The second kappa shape index (κ2) is 7.53. The van der Waals surface area contributed by atoms with E-state index in [0.717, 1.165) is 6.07 Å². The number of halogens is 4. The van der Waals surface area contributed by atoms with Crippen molar-refractivity contribution in [3.8, 4) is 0 Å². The Labute approximate surface area is 121 Å². The van der Waals surface area contributed by atoms with Gasteiger partial charge in [0.15, 0.2) is 5.90 Å². The van der Waals surface area contributed by atoms with E-state index in [1.807, 2.05) is 0 Å². The smallest absolute Gasteiger partial charge is 0.416 e. The molecule has 0 aromatic heterocycles. The van der Waals surface area contributed by atoms with Gasteiger partial charge in [-0.25, -0.2) is 0 Å². The minimum atomic E-state index is -4.44. The lowest BCUT2D eigenvalue weighted by atomic mass is 9.90. The molecule has 112 valence electrons. The number of ether oxygens (including phenoxy) is 1. The van der Waals surface area contributed by atoms with Gasteiger partial charge in [-0.2, -0.15) is 13.2 Å². The second-order valence-corrected chi connectivity index (χ2v) is 4.64. The Balaban J connectivity index is 3.16. The van der Waals surface area contributed by atoms with E-state index < -0.39 is 17.7 Å². The first-order valence-corrected chi connectivity index (χ1v) is 6.88. The molecule has 2 nitrogen and oxygen atoms in total. The fourth-order valence-corrected chi connectivity index (χ4v) is 2.18. The van der Waals surface area contributed by atoms with Crippen molar-refractivity contribution in [2.45, 2.75) is 31.9 Å². The van der Waals surface area contributed by atoms with Crippen molar-refractivity contribution in [2.24, 2.45) is 0 Å². The van der Waals surface area contributed by atoms with E-state index in [9.17, 15) is 13.2 Å². The van der Waals surface area contributed by atoms with Crippen LogP contribution in [0.4, 0.5) is 13.2 Å². The summed E-state index contributed by atoms with van der Waals surface area (Å²) in [6.07, 6.45) is -3.56. The fourth-order valence-electron chi connectivity index (χ4n) is 2.02. The monoisotopic (exact) mass is 307 g/mol. The summed E-state index contributed by atoms with van der Waals surface area (Å²) in [5.74, 6) is -0.523. The van der Waals surface area contributed by atoms with Crippen molar-refractivity contribution in [2.75, 3.05) is 12.5 Å². The van der Waals surface area contributed by atoms with Gasteiger partial charge >= 0.3 is 6.18 Å². The van der Waals surface area contributed by atoms with Crippen molar-refractivity contribution in [3.05, 3.63) is 35.4 Å². The third-order valence-corrected chi connectivity index (χ3v) is 3.15. The number of nitrogens with one attached hydrogen (secondary N) is 1. The predicted octanol–water partition coefficient (Wildman–Crippen LogP) is 4.82. The summed E-state index contributed by atoms with van der Waals surface area (Å²) in [6, 6.07) is 5.31. The molecule has 0 aliphatic carbocycles. The van der Waals surface area contributed by atoms with Crippen LogP contribution in [0.3, 0.4) is 0 Å². The quantitative estimate of drug-likeness (QED) is 0.456. The number of benzene rings is 1. The Morgan fingerprint density at radius 1 is 1.35 bits per heavy atom. The van der Waals surface area contributed by atoms with E-state index >= 15 is 0 Å². The first kappa shape index (κ1) is 16.8. The summed E-state index contributed by atoms with van der Waals surface area (Å²) in [5, 5.41) is 7.83. The average Bonchev–Trinajstić information content (AvgIpc) is 2.39. The molecule has 0 aliphatic rings. The van der Waals surface area contributed by atoms with Gasteiger partial charge < -0.3 is 4.74 Å². The molecule has 1 unspecified atom stereocenters. The van der Waals surface area contributed by atoms with Gasteiger partial charge in [0.05, 0.1) is 18.1 Å². The van der Waals surface area contributed by atoms with E-state index in [4.69, 9.17) is 21.7 Å². The molecule has 0 saturated carbocycles. The molecule has 0 bridgehead atoms.